The number of nitrogens with zero attached hydrogens (tertiary/aromatic N) is 2. The van der Waals surface area contributed by atoms with Crippen LogP contribution in [0.4, 0.5) is 0 Å². The zero-order chi connectivity index (χ0) is 18.5. The van der Waals surface area contributed by atoms with E-state index in [9.17, 15) is 4.79 Å². The minimum atomic E-state index is -0.166. The lowest BCUT2D eigenvalue weighted by Gasteiger charge is -2.08. The Balaban J connectivity index is 1.67. The van der Waals surface area contributed by atoms with Gasteiger partial charge in [-0.25, -0.2) is 5.43 Å². The Morgan fingerprint density at radius 2 is 1.81 bits per heavy atom. The van der Waals surface area contributed by atoms with E-state index in [0.717, 1.165) is 28.2 Å². The third-order valence-corrected chi connectivity index (χ3v) is 4.41. The van der Waals surface area contributed by atoms with Crippen molar-refractivity contribution in [2.75, 3.05) is 0 Å². The first-order chi connectivity index (χ1) is 12.5. The van der Waals surface area contributed by atoms with Gasteiger partial charge in [0.05, 0.1) is 12.6 Å². The van der Waals surface area contributed by atoms with Crippen LogP contribution in [0.2, 0.25) is 5.02 Å². The Bertz CT molecular complexity index is 928. The number of hydrogen-bond donors (Lipinski definition) is 1. The number of nitrogens with one attached hydrogen (secondary N) is 1. The number of carbonyl (C=O) groups excluding carboxylic acids is 1. The number of rotatable bonds is 5. The monoisotopic (exact) mass is 365 g/mol. The normalized spacial score (nSPS) is 11.0. The second-order valence-corrected chi connectivity index (χ2v) is 6.53. The van der Waals surface area contributed by atoms with Crippen LogP contribution in [0, 0.1) is 13.8 Å². The second kappa shape index (κ2) is 8.02. The summed E-state index contributed by atoms with van der Waals surface area (Å²) in [5.74, 6) is -0.166. The average molecular weight is 366 g/mol. The van der Waals surface area contributed by atoms with Gasteiger partial charge < -0.3 is 4.57 Å². The number of benzene rings is 2. The van der Waals surface area contributed by atoms with Crippen LogP contribution in [0.15, 0.2) is 65.8 Å². The number of hydrazone groups is 1. The van der Waals surface area contributed by atoms with Crippen molar-refractivity contribution in [3.63, 3.8) is 0 Å². The zero-order valence-corrected chi connectivity index (χ0v) is 15.5. The van der Waals surface area contributed by atoms with E-state index < -0.39 is 0 Å². The fraction of sp³-hybridized carbons (Fsp3) is 0.143. The van der Waals surface area contributed by atoms with Crippen molar-refractivity contribution in [3.05, 3.63) is 88.2 Å². The van der Waals surface area contributed by atoms with Crippen LogP contribution in [0.5, 0.6) is 0 Å². The van der Waals surface area contributed by atoms with Crippen LogP contribution < -0.4 is 5.43 Å². The maximum atomic E-state index is 12.0. The van der Waals surface area contributed by atoms with Crippen LogP contribution in [-0.2, 0) is 11.2 Å². The molecule has 0 aliphatic heterocycles. The Hall–Kier alpha value is -2.85. The molecule has 1 aromatic heterocycles. The molecule has 3 aromatic rings. The van der Waals surface area contributed by atoms with Crippen molar-refractivity contribution in [1.29, 1.82) is 0 Å². The minimum absolute atomic E-state index is 0.166. The Morgan fingerprint density at radius 1 is 1.12 bits per heavy atom. The van der Waals surface area contributed by atoms with Crippen LogP contribution in [0.25, 0.3) is 5.69 Å². The molecular formula is C21H20ClN3O. The van der Waals surface area contributed by atoms with Gasteiger partial charge in [0, 0.05) is 27.7 Å². The molecule has 4 nitrogen and oxygen atoms in total. The number of aryl methyl sites for hydroxylation is 1. The number of para-hydroxylation sites is 1. The molecule has 0 unspecified atom stereocenters. The third-order valence-electron chi connectivity index (χ3n) is 4.16. The first kappa shape index (κ1) is 18.0. The number of carbonyl (C=O) groups is 1. The number of amides is 1. The average Bonchev–Trinajstić information content (AvgIpc) is 2.91. The number of halogens is 1. The van der Waals surface area contributed by atoms with Gasteiger partial charge in [0.25, 0.3) is 0 Å². The summed E-state index contributed by atoms with van der Waals surface area (Å²) in [4.78, 5) is 12.0. The fourth-order valence-corrected chi connectivity index (χ4v) is 3.02. The van der Waals surface area contributed by atoms with Gasteiger partial charge in [0.2, 0.25) is 5.91 Å². The topological polar surface area (TPSA) is 46.4 Å². The third kappa shape index (κ3) is 4.21. The Labute approximate surface area is 158 Å². The fourth-order valence-electron chi connectivity index (χ4n) is 2.89. The molecule has 0 fully saturated rings. The smallest absolute Gasteiger partial charge is 0.244 e. The summed E-state index contributed by atoms with van der Waals surface area (Å²) in [5, 5.41) is 4.75. The molecule has 0 bridgehead atoms. The molecule has 0 aliphatic carbocycles. The Kier molecular flexibility index (Phi) is 5.54. The van der Waals surface area contributed by atoms with E-state index in [1.807, 2.05) is 37.3 Å². The van der Waals surface area contributed by atoms with E-state index in [2.05, 4.69) is 40.2 Å². The molecule has 3 rings (SSSR count). The highest BCUT2D eigenvalue weighted by Gasteiger charge is 2.09. The van der Waals surface area contributed by atoms with E-state index >= 15 is 0 Å². The molecule has 26 heavy (non-hydrogen) atoms. The first-order valence-corrected chi connectivity index (χ1v) is 8.73. The zero-order valence-electron chi connectivity index (χ0n) is 14.7. The molecule has 0 aliphatic rings. The first-order valence-electron chi connectivity index (χ1n) is 8.35. The minimum Gasteiger partial charge on any atom is -0.318 e. The number of aromatic nitrogens is 1. The highest BCUT2D eigenvalue weighted by atomic mass is 35.5. The Morgan fingerprint density at radius 3 is 2.50 bits per heavy atom. The van der Waals surface area contributed by atoms with Gasteiger partial charge in [-0.15, -0.1) is 0 Å². The predicted octanol–water partition coefficient (Wildman–Crippen LogP) is 4.44. The van der Waals surface area contributed by atoms with Crippen molar-refractivity contribution in [2.24, 2.45) is 5.10 Å². The van der Waals surface area contributed by atoms with Gasteiger partial charge in [-0.05, 0) is 49.7 Å². The van der Waals surface area contributed by atoms with Crippen molar-refractivity contribution >= 4 is 23.7 Å². The predicted molar refractivity (Wildman–Crippen MR) is 106 cm³/mol. The van der Waals surface area contributed by atoms with Crippen LogP contribution >= 0.6 is 11.6 Å². The van der Waals surface area contributed by atoms with Crippen molar-refractivity contribution < 1.29 is 4.79 Å². The van der Waals surface area contributed by atoms with E-state index in [1.54, 1.807) is 18.3 Å². The van der Waals surface area contributed by atoms with Gasteiger partial charge >= 0.3 is 0 Å². The second-order valence-electron chi connectivity index (χ2n) is 6.09. The summed E-state index contributed by atoms with van der Waals surface area (Å²) in [7, 11) is 0. The summed E-state index contributed by atoms with van der Waals surface area (Å²) in [5.41, 5.74) is 7.73. The van der Waals surface area contributed by atoms with Crippen LogP contribution in [0.3, 0.4) is 0 Å². The van der Waals surface area contributed by atoms with Gasteiger partial charge in [-0.2, -0.15) is 5.10 Å². The van der Waals surface area contributed by atoms with Crippen molar-refractivity contribution in [1.82, 2.24) is 9.99 Å². The highest BCUT2D eigenvalue weighted by molar-refractivity contribution is 6.30. The molecule has 0 spiro atoms. The summed E-state index contributed by atoms with van der Waals surface area (Å²) in [6, 6.07) is 19.4. The maximum Gasteiger partial charge on any atom is 0.244 e. The van der Waals surface area contributed by atoms with Crippen molar-refractivity contribution in [2.45, 2.75) is 20.3 Å². The van der Waals surface area contributed by atoms with E-state index in [0.29, 0.717) is 5.02 Å². The lowest BCUT2D eigenvalue weighted by Crippen LogP contribution is -2.19. The maximum absolute atomic E-state index is 12.0. The standard InChI is InChI=1S/C21H20ClN3O/c1-15-12-18(16(2)25(15)20-6-4-3-5-7-20)14-23-24-21(26)13-17-8-10-19(22)11-9-17/h3-12,14H,13H2,1-2H3,(H,24,26)/b23-14-. The van der Waals surface area contributed by atoms with Gasteiger partial charge in [0.1, 0.15) is 0 Å². The summed E-state index contributed by atoms with van der Waals surface area (Å²) in [6.45, 7) is 4.09. The molecule has 1 amide bonds. The molecule has 2 aromatic carbocycles. The van der Waals surface area contributed by atoms with E-state index in [4.69, 9.17) is 11.6 Å². The molecular weight excluding hydrogens is 346 g/mol. The van der Waals surface area contributed by atoms with E-state index in [1.165, 1.54) is 0 Å². The molecule has 132 valence electrons. The summed E-state index contributed by atoms with van der Waals surface area (Å²) >= 11 is 5.85. The van der Waals surface area contributed by atoms with E-state index in [-0.39, 0.29) is 12.3 Å². The highest BCUT2D eigenvalue weighted by Crippen LogP contribution is 2.19. The SMILES string of the molecule is Cc1cc(/C=N\NC(=O)Cc2ccc(Cl)cc2)c(C)n1-c1ccccc1. The van der Waals surface area contributed by atoms with Crippen molar-refractivity contribution in [3.8, 4) is 5.69 Å². The largest absolute Gasteiger partial charge is 0.318 e. The quantitative estimate of drug-likeness (QED) is 0.527. The molecule has 0 radical (unpaired) electrons. The lowest BCUT2D eigenvalue weighted by molar-refractivity contribution is -0.120. The van der Waals surface area contributed by atoms with Gasteiger partial charge in [-0.1, -0.05) is 41.9 Å². The summed E-state index contributed by atoms with van der Waals surface area (Å²) in [6.07, 6.45) is 1.94. The molecule has 1 N–H and O–H groups in total. The lowest BCUT2D eigenvalue weighted by atomic mass is 10.1. The van der Waals surface area contributed by atoms with Gasteiger partial charge in [-0.3, -0.25) is 4.79 Å². The molecule has 0 saturated carbocycles. The molecule has 5 heteroatoms. The molecule has 1 heterocycles. The van der Waals surface area contributed by atoms with Gasteiger partial charge in [0.15, 0.2) is 0 Å². The summed E-state index contributed by atoms with van der Waals surface area (Å²) < 4.78 is 2.16. The molecule has 0 atom stereocenters. The molecule has 0 saturated heterocycles. The van der Waals surface area contributed by atoms with Crippen LogP contribution in [-0.4, -0.2) is 16.7 Å². The van der Waals surface area contributed by atoms with Crippen LogP contribution in [0.1, 0.15) is 22.5 Å². The number of hydrogen-bond acceptors (Lipinski definition) is 2.